The molecule has 1 unspecified atom stereocenters. The van der Waals surface area contributed by atoms with Crippen LogP contribution in [-0.2, 0) is 4.79 Å². The third-order valence-electron chi connectivity index (χ3n) is 4.83. The Morgan fingerprint density at radius 1 is 1.19 bits per heavy atom. The van der Waals surface area contributed by atoms with E-state index in [1.165, 1.54) is 0 Å². The van der Waals surface area contributed by atoms with E-state index in [2.05, 4.69) is 21.6 Å². The second-order valence-corrected chi connectivity index (χ2v) is 6.53. The molecule has 5 rings (SSSR count). The van der Waals surface area contributed by atoms with Crippen LogP contribution in [0.3, 0.4) is 0 Å². The van der Waals surface area contributed by atoms with Crippen LogP contribution in [0.5, 0.6) is 0 Å². The monoisotopic (exact) mass is 344 g/mol. The van der Waals surface area contributed by atoms with Gasteiger partial charge in [0.25, 0.3) is 0 Å². The number of aryl methyl sites for hydroxylation is 1. The zero-order valence-electron chi connectivity index (χ0n) is 14.1. The van der Waals surface area contributed by atoms with Crippen LogP contribution < -0.4 is 5.32 Å². The van der Waals surface area contributed by atoms with Crippen LogP contribution in [0.25, 0.3) is 22.4 Å². The molecule has 4 aromatic rings. The molecule has 0 saturated heterocycles. The van der Waals surface area contributed by atoms with Crippen LogP contribution in [0.1, 0.15) is 29.4 Å². The van der Waals surface area contributed by atoms with E-state index in [9.17, 15) is 4.79 Å². The Hall–Kier alpha value is -3.41. The van der Waals surface area contributed by atoms with Crippen LogP contribution in [-0.4, -0.2) is 21.1 Å². The summed E-state index contributed by atoms with van der Waals surface area (Å²) in [6.07, 6.45) is 2.13. The molecule has 1 aliphatic rings. The minimum atomic E-state index is -0.140. The number of aromatic amines is 1. The molecule has 26 heavy (non-hydrogen) atoms. The van der Waals surface area contributed by atoms with E-state index in [1.807, 2.05) is 43.3 Å². The van der Waals surface area contributed by atoms with Gasteiger partial charge in [-0.2, -0.15) is 5.10 Å². The fourth-order valence-corrected chi connectivity index (χ4v) is 3.58. The Kier molecular flexibility index (Phi) is 3.18. The van der Waals surface area contributed by atoms with E-state index >= 15 is 0 Å². The van der Waals surface area contributed by atoms with Gasteiger partial charge in [-0.15, -0.1) is 0 Å². The van der Waals surface area contributed by atoms with Gasteiger partial charge >= 0.3 is 0 Å². The normalized spacial score (nSPS) is 16.5. The number of hydrogen-bond acceptors (Lipinski definition) is 4. The smallest absolute Gasteiger partial charge is 0.226 e. The Labute approximate surface area is 149 Å². The van der Waals surface area contributed by atoms with Gasteiger partial charge in [0.15, 0.2) is 0 Å². The van der Waals surface area contributed by atoms with Crippen molar-refractivity contribution in [3.63, 3.8) is 0 Å². The highest BCUT2D eigenvalue weighted by molar-refractivity contribution is 5.98. The highest BCUT2D eigenvalue weighted by Crippen LogP contribution is 2.40. The van der Waals surface area contributed by atoms with Gasteiger partial charge in [-0.1, -0.05) is 18.2 Å². The lowest BCUT2D eigenvalue weighted by atomic mass is 9.86. The number of nitrogens with zero attached hydrogens (tertiary/aromatic N) is 2. The maximum Gasteiger partial charge on any atom is 0.226 e. The lowest BCUT2D eigenvalue weighted by Gasteiger charge is -2.24. The number of anilines is 1. The minimum absolute atomic E-state index is 0.0231. The molecular weight excluding hydrogens is 328 g/mol. The van der Waals surface area contributed by atoms with Crippen molar-refractivity contribution < 1.29 is 9.21 Å². The molecule has 6 heteroatoms. The zero-order valence-corrected chi connectivity index (χ0v) is 14.1. The van der Waals surface area contributed by atoms with E-state index < -0.39 is 0 Å². The standard InChI is InChI=1S/C20H16N4O2/c1-11-19(23-20(26-11)12-5-3-2-4-6-12)15-8-18(25)22-17-9-16-13(7-14(15)17)10-21-24-16/h2-7,9-10,15H,8H2,1H3,(H,21,24)(H,22,25). The Balaban J connectivity index is 1.65. The molecule has 0 aliphatic carbocycles. The molecule has 0 saturated carbocycles. The first-order chi connectivity index (χ1) is 12.7. The summed E-state index contributed by atoms with van der Waals surface area (Å²) in [6.45, 7) is 1.90. The van der Waals surface area contributed by atoms with Crippen molar-refractivity contribution in [2.24, 2.45) is 0 Å². The van der Waals surface area contributed by atoms with Crippen LogP contribution in [0.15, 0.2) is 53.1 Å². The van der Waals surface area contributed by atoms with Gasteiger partial charge in [-0.05, 0) is 36.8 Å². The number of benzene rings is 2. The summed E-state index contributed by atoms with van der Waals surface area (Å²) in [5.74, 6) is 1.15. The van der Waals surface area contributed by atoms with Gasteiger partial charge in [-0.25, -0.2) is 4.98 Å². The van der Waals surface area contributed by atoms with Crippen LogP contribution in [0.2, 0.25) is 0 Å². The number of H-pyrrole nitrogens is 1. The fourth-order valence-electron chi connectivity index (χ4n) is 3.58. The Morgan fingerprint density at radius 2 is 2.04 bits per heavy atom. The van der Waals surface area contributed by atoms with Gasteiger partial charge in [0.1, 0.15) is 5.76 Å². The maximum atomic E-state index is 12.3. The highest BCUT2D eigenvalue weighted by Gasteiger charge is 2.31. The first-order valence-electron chi connectivity index (χ1n) is 8.48. The lowest BCUT2D eigenvalue weighted by Crippen LogP contribution is -2.24. The number of carbonyl (C=O) groups is 1. The minimum Gasteiger partial charge on any atom is -0.441 e. The Bertz CT molecular complexity index is 1130. The van der Waals surface area contributed by atoms with Crippen molar-refractivity contribution in [2.45, 2.75) is 19.3 Å². The predicted octanol–water partition coefficient (Wildman–Crippen LogP) is 4.00. The summed E-state index contributed by atoms with van der Waals surface area (Å²) in [4.78, 5) is 17.0. The molecule has 6 nitrogen and oxygen atoms in total. The van der Waals surface area contributed by atoms with E-state index in [4.69, 9.17) is 9.40 Å². The van der Waals surface area contributed by atoms with Crippen molar-refractivity contribution >= 4 is 22.5 Å². The summed E-state index contributed by atoms with van der Waals surface area (Å²) in [6, 6.07) is 13.8. The summed E-state index contributed by atoms with van der Waals surface area (Å²) in [5, 5.41) is 11.0. The van der Waals surface area contributed by atoms with E-state index in [0.29, 0.717) is 12.3 Å². The molecule has 1 amide bonds. The molecule has 1 atom stereocenters. The zero-order chi connectivity index (χ0) is 17.7. The first kappa shape index (κ1) is 14.9. The third-order valence-corrected chi connectivity index (χ3v) is 4.83. The molecule has 3 heterocycles. The van der Waals surface area contributed by atoms with Crippen LogP contribution in [0.4, 0.5) is 5.69 Å². The fraction of sp³-hybridized carbons (Fsp3) is 0.150. The summed E-state index contributed by atoms with van der Waals surface area (Å²) in [5.41, 5.74) is 4.46. The van der Waals surface area contributed by atoms with E-state index in [0.717, 1.165) is 39.2 Å². The molecule has 0 radical (unpaired) electrons. The predicted molar refractivity (Wildman–Crippen MR) is 97.9 cm³/mol. The number of hydrogen-bond donors (Lipinski definition) is 2. The highest BCUT2D eigenvalue weighted by atomic mass is 16.4. The van der Waals surface area contributed by atoms with Crippen molar-refractivity contribution in [2.75, 3.05) is 5.32 Å². The molecule has 0 bridgehead atoms. The maximum absolute atomic E-state index is 12.3. The number of oxazole rings is 1. The molecule has 1 aliphatic heterocycles. The molecule has 128 valence electrons. The van der Waals surface area contributed by atoms with E-state index in [-0.39, 0.29) is 11.8 Å². The van der Waals surface area contributed by atoms with Crippen molar-refractivity contribution in [3.8, 4) is 11.5 Å². The third kappa shape index (κ3) is 2.30. The lowest BCUT2D eigenvalue weighted by molar-refractivity contribution is -0.116. The number of amides is 1. The Morgan fingerprint density at radius 3 is 2.88 bits per heavy atom. The average Bonchev–Trinajstić information content (AvgIpc) is 3.26. The van der Waals surface area contributed by atoms with Crippen molar-refractivity contribution in [3.05, 3.63) is 65.7 Å². The van der Waals surface area contributed by atoms with Gasteiger partial charge in [0, 0.05) is 29.0 Å². The van der Waals surface area contributed by atoms with Gasteiger partial charge < -0.3 is 9.73 Å². The van der Waals surface area contributed by atoms with Gasteiger partial charge in [0.2, 0.25) is 11.8 Å². The number of nitrogens with one attached hydrogen (secondary N) is 2. The molecule has 2 aromatic carbocycles. The van der Waals surface area contributed by atoms with Crippen LogP contribution >= 0.6 is 0 Å². The second-order valence-electron chi connectivity index (χ2n) is 6.53. The first-order valence-corrected chi connectivity index (χ1v) is 8.48. The van der Waals surface area contributed by atoms with Gasteiger partial charge in [-0.3, -0.25) is 9.89 Å². The molecule has 0 spiro atoms. The van der Waals surface area contributed by atoms with Crippen molar-refractivity contribution in [1.82, 2.24) is 15.2 Å². The SMILES string of the molecule is Cc1oc(-c2ccccc2)nc1C1CC(=O)Nc2cc3[nH]ncc3cc21. The topological polar surface area (TPSA) is 83.8 Å². The van der Waals surface area contributed by atoms with Crippen molar-refractivity contribution in [1.29, 1.82) is 0 Å². The average molecular weight is 344 g/mol. The molecular formula is C20H16N4O2. The molecule has 2 aromatic heterocycles. The van der Waals surface area contributed by atoms with Gasteiger partial charge in [0.05, 0.1) is 17.4 Å². The molecule has 2 N–H and O–H groups in total. The molecule has 0 fully saturated rings. The number of aromatic nitrogens is 3. The summed E-state index contributed by atoms with van der Waals surface area (Å²) in [7, 11) is 0. The van der Waals surface area contributed by atoms with Crippen LogP contribution in [0, 0.1) is 6.92 Å². The summed E-state index contributed by atoms with van der Waals surface area (Å²) >= 11 is 0. The second kappa shape index (κ2) is 5.56. The number of carbonyl (C=O) groups excluding carboxylic acids is 1. The number of fused-ring (bicyclic) bond motifs is 2. The number of rotatable bonds is 2. The quantitative estimate of drug-likeness (QED) is 0.576. The summed E-state index contributed by atoms with van der Waals surface area (Å²) < 4.78 is 5.92. The largest absolute Gasteiger partial charge is 0.441 e. The van der Waals surface area contributed by atoms with E-state index in [1.54, 1.807) is 6.20 Å².